The van der Waals surface area contributed by atoms with Crippen molar-refractivity contribution in [3.05, 3.63) is 0 Å². The van der Waals surface area contributed by atoms with Crippen molar-refractivity contribution in [1.29, 1.82) is 0 Å². The zero-order chi connectivity index (χ0) is 7.00. The monoisotopic (exact) mass is 227 g/mol. The van der Waals surface area contributed by atoms with E-state index in [-0.39, 0.29) is 103 Å². The van der Waals surface area contributed by atoms with Crippen LogP contribution in [0.4, 0.5) is 13.2 Å². The molecular formula is CH2F3K2NO2S. The largest absolute Gasteiger partial charge is 0.511 e. The van der Waals surface area contributed by atoms with Gasteiger partial charge in [0, 0.05) is 103 Å². The van der Waals surface area contributed by atoms with Gasteiger partial charge in [-0.05, 0) is 0 Å². The second-order valence-electron chi connectivity index (χ2n) is 0.991. The maximum Gasteiger partial charge on any atom is 0.511 e. The maximum absolute atomic E-state index is 10.8. The van der Waals surface area contributed by atoms with Crippen LogP contribution in [0.2, 0.25) is 0 Å². The minimum absolute atomic E-state index is 0. The average molecular weight is 227 g/mol. The van der Waals surface area contributed by atoms with Gasteiger partial charge >= 0.3 is 15.5 Å². The van der Waals surface area contributed by atoms with Crippen LogP contribution in [0.3, 0.4) is 0 Å². The second-order valence-corrected chi connectivity index (χ2v) is 2.54. The van der Waals surface area contributed by atoms with Crippen LogP contribution in [-0.2, 0) is 10.0 Å². The van der Waals surface area contributed by atoms with Gasteiger partial charge in [0.25, 0.3) is 0 Å². The number of alkyl halides is 3. The molecule has 0 saturated carbocycles. The predicted molar refractivity (Wildman–Crippen MR) is 30.7 cm³/mol. The van der Waals surface area contributed by atoms with Crippen molar-refractivity contribution in [3.8, 4) is 0 Å². The first kappa shape index (κ1) is 18.7. The summed E-state index contributed by atoms with van der Waals surface area (Å²) < 4.78 is 51.2. The van der Waals surface area contributed by atoms with Crippen LogP contribution in [0, 0.1) is 0 Å². The van der Waals surface area contributed by atoms with Gasteiger partial charge in [0.2, 0.25) is 0 Å². The Bertz CT molecular complexity index is 173. The fourth-order valence-corrected chi connectivity index (χ4v) is 0. The van der Waals surface area contributed by atoms with E-state index >= 15 is 0 Å². The Hall–Kier alpha value is 2.97. The van der Waals surface area contributed by atoms with E-state index in [4.69, 9.17) is 0 Å². The Morgan fingerprint density at radius 1 is 1.10 bits per heavy atom. The number of hydrogen-bond donors (Lipinski definition) is 1. The summed E-state index contributed by atoms with van der Waals surface area (Å²) in [5.41, 5.74) is -5.31. The van der Waals surface area contributed by atoms with E-state index in [2.05, 4.69) is 5.14 Å². The van der Waals surface area contributed by atoms with Crippen molar-refractivity contribution in [2.24, 2.45) is 5.14 Å². The molecule has 10 heavy (non-hydrogen) atoms. The smallest absolute Gasteiger partial charge is 0.221 e. The zero-order valence-electron chi connectivity index (χ0n) is 5.44. The third kappa shape index (κ3) is 7.61. The summed E-state index contributed by atoms with van der Waals surface area (Å²) in [5, 5.41) is 3.66. The van der Waals surface area contributed by atoms with Crippen LogP contribution in [0.5, 0.6) is 0 Å². The van der Waals surface area contributed by atoms with Gasteiger partial charge in [-0.2, -0.15) is 13.2 Å². The van der Waals surface area contributed by atoms with Crippen molar-refractivity contribution in [3.63, 3.8) is 0 Å². The summed E-state index contributed by atoms with van der Waals surface area (Å²) in [6.07, 6.45) is 0. The summed E-state index contributed by atoms with van der Waals surface area (Å²) in [4.78, 5) is 0. The molecule has 52 valence electrons. The first-order chi connectivity index (χ1) is 3.25. The maximum atomic E-state index is 10.8. The van der Waals surface area contributed by atoms with E-state index in [0.717, 1.165) is 0 Å². The molecule has 0 rings (SSSR count). The van der Waals surface area contributed by atoms with Gasteiger partial charge < -0.3 is 0 Å². The summed E-state index contributed by atoms with van der Waals surface area (Å²) in [5.74, 6) is 0. The topological polar surface area (TPSA) is 60.2 Å². The third-order valence-corrected chi connectivity index (χ3v) is 0.968. The summed E-state index contributed by atoms with van der Waals surface area (Å²) in [6, 6.07) is 0. The molecule has 3 nitrogen and oxygen atoms in total. The van der Waals surface area contributed by atoms with Crippen LogP contribution in [0.25, 0.3) is 0 Å². The van der Waals surface area contributed by atoms with Crippen molar-refractivity contribution >= 4 is 113 Å². The minimum atomic E-state index is -5.34. The molecular weight excluding hydrogens is 225 g/mol. The first-order valence-electron chi connectivity index (χ1n) is 1.34. The molecule has 0 aromatic carbocycles. The Morgan fingerprint density at radius 2 is 1.20 bits per heavy atom. The van der Waals surface area contributed by atoms with Crippen LogP contribution in [0.15, 0.2) is 0 Å². The first-order valence-corrected chi connectivity index (χ1v) is 2.89. The van der Waals surface area contributed by atoms with Gasteiger partial charge in [0.1, 0.15) is 0 Å². The molecule has 0 aromatic heterocycles. The molecule has 9 heteroatoms. The van der Waals surface area contributed by atoms with Crippen molar-refractivity contribution in [2.75, 3.05) is 0 Å². The summed E-state index contributed by atoms with van der Waals surface area (Å²) in [6.45, 7) is 0. The van der Waals surface area contributed by atoms with Gasteiger partial charge in [-0.1, -0.05) is 0 Å². The van der Waals surface area contributed by atoms with Crippen LogP contribution >= 0.6 is 0 Å². The zero-order valence-corrected chi connectivity index (χ0v) is 12.5. The van der Waals surface area contributed by atoms with E-state index in [9.17, 15) is 21.6 Å². The molecule has 0 bridgehead atoms. The molecule has 0 aromatic rings. The SMILES string of the molecule is NS(=O)(=O)C(F)(F)F.[K].[K]. The molecule has 0 unspecified atom stereocenters. The number of primary sulfonamides is 1. The number of halogens is 3. The van der Waals surface area contributed by atoms with Gasteiger partial charge in [0.15, 0.2) is 0 Å². The van der Waals surface area contributed by atoms with E-state index in [0.29, 0.717) is 0 Å². The van der Waals surface area contributed by atoms with Gasteiger partial charge in [-0.15, -0.1) is 0 Å². The van der Waals surface area contributed by atoms with Crippen molar-refractivity contribution in [2.45, 2.75) is 5.51 Å². The Labute approximate surface area is 141 Å². The Morgan fingerprint density at radius 3 is 1.20 bits per heavy atom. The molecule has 0 spiro atoms. The third-order valence-electron chi connectivity index (χ3n) is 0.323. The van der Waals surface area contributed by atoms with Gasteiger partial charge in [0.05, 0.1) is 0 Å². The van der Waals surface area contributed by atoms with E-state index in [1.165, 1.54) is 0 Å². The second kappa shape index (κ2) is 6.43. The normalized spacial score (nSPS) is 11.2. The average Bonchev–Trinajstić information content (AvgIpc) is 1.25. The number of hydrogen-bond acceptors (Lipinski definition) is 2. The standard InChI is InChI=1S/CH2F3NO2S.2K/c2-1(3,4)8(5,6)7;;/h(H2,5,6,7);;. The number of nitrogens with two attached hydrogens (primary N) is 1. The molecule has 0 heterocycles. The molecule has 0 aliphatic rings. The van der Waals surface area contributed by atoms with Crippen LogP contribution in [-0.4, -0.2) is 117 Å². The molecule has 0 amide bonds. The fraction of sp³-hybridized carbons (Fsp3) is 1.00. The molecule has 0 aliphatic carbocycles. The van der Waals surface area contributed by atoms with Crippen LogP contribution in [0.1, 0.15) is 0 Å². The Balaban J connectivity index is -0.000000245. The van der Waals surface area contributed by atoms with E-state index in [1.54, 1.807) is 0 Å². The summed E-state index contributed by atoms with van der Waals surface area (Å²) >= 11 is 0. The molecule has 0 aliphatic heterocycles. The molecule has 2 N–H and O–H groups in total. The molecule has 0 fully saturated rings. The minimum Gasteiger partial charge on any atom is -0.221 e. The predicted octanol–water partition coefficient (Wildman–Crippen LogP) is -0.967. The number of rotatable bonds is 0. The molecule has 0 atom stereocenters. The fourth-order valence-electron chi connectivity index (χ4n) is 0. The van der Waals surface area contributed by atoms with E-state index < -0.39 is 15.5 Å². The van der Waals surface area contributed by atoms with Crippen LogP contribution < -0.4 is 5.14 Å². The molecule has 2 radical (unpaired) electrons. The van der Waals surface area contributed by atoms with Gasteiger partial charge in [-0.25, -0.2) is 13.6 Å². The van der Waals surface area contributed by atoms with Gasteiger partial charge in [-0.3, -0.25) is 0 Å². The quantitative estimate of drug-likeness (QED) is 0.541. The van der Waals surface area contributed by atoms with Crippen molar-refractivity contribution < 1.29 is 21.6 Å². The van der Waals surface area contributed by atoms with Crippen molar-refractivity contribution in [1.82, 2.24) is 0 Å². The summed E-state index contributed by atoms with van der Waals surface area (Å²) in [7, 11) is -5.34. The number of sulfonamides is 1. The van der Waals surface area contributed by atoms with E-state index in [1.807, 2.05) is 0 Å². The Kier molecular flexibility index (Phi) is 12.0. The molecule has 0 saturated heterocycles.